The fraction of sp³-hybridized carbons (Fsp3) is 0.542. The SMILES string of the molecule is CN(C)CCN1CC(C(=O)NC2CCC(Oc3cccc4cnccc34)CC2)CC1=O. The minimum atomic E-state index is -0.229. The molecule has 1 aromatic heterocycles. The van der Waals surface area contributed by atoms with E-state index >= 15 is 0 Å². The monoisotopic (exact) mass is 424 g/mol. The third kappa shape index (κ3) is 5.34. The summed E-state index contributed by atoms with van der Waals surface area (Å²) in [6.45, 7) is 2.03. The fourth-order valence-corrected chi connectivity index (χ4v) is 4.50. The van der Waals surface area contributed by atoms with E-state index in [0.717, 1.165) is 48.8 Å². The number of pyridine rings is 1. The van der Waals surface area contributed by atoms with Crippen LogP contribution in [0.1, 0.15) is 32.1 Å². The van der Waals surface area contributed by atoms with Crippen molar-refractivity contribution in [3.8, 4) is 5.75 Å². The summed E-state index contributed by atoms with van der Waals surface area (Å²) in [5.41, 5.74) is 0. The van der Waals surface area contributed by atoms with Crippen LogP contribution >= 0.6 is 0 Å². The number of nitrogens with one attached hydrogen (secondary N) is 1. The quantitative estimate of drug-likeness (QED) is 0.739. The van der Waals surface area contributed by atoms with Gasteiger partial charge in [-0.2, -0.15) is 0 Å². The number of rotatable bonds is 7. The van der Waals surface area contributed by atoms with Gasteiger partial charge >= 0.3 is 0 Å². The van der Waals surface area contributed by atoms with Crippen LogP contribution < -0.4 is 10.1 Å². The summed E-state index contributed by atoms with van der Waals surface area (Å²) in [5.74, 6) is 0.776. The molecule has 0 bridgehead atoms. The van der Waals surface area contributed by atoms with Crippen LogP contribution in [0, 0.1) is 5.92 Å². The van der Waals surface area contributed by atoms with Gasteiger partial charge in [0.2, 0.25) is 11.8 Å². The summed E-state index contributed by atoms with van der Waals surface area (Å²) in [7, 11) is 3.98. The minimum absolute atomic E-state index is 0.0200. The number of nitrogens with zero attached hydrogens (tertiary/aromatic N) is 3. The molecule has 1 saturated heterocycles. The Kier molecular flexibility index (Phi) is 6.70. The Morgan fingerprint density at radius 3 is 2.81 bits per heavy atom. The minimum Gasteiger partial charge on any atom is -0.490 e. The van der Waals surface area contributed by atoms with Crippen LogP contribution in [0.2, 0.25) is 0 Å². The molecule has 0 radical (unpaired) electrons. The summed E-state index contributed by atoms with van der Waals surface area (Å²) >= 11 is 0. The first-order valence-corrected chi connectivity index (χ1v) is 11.2. The van der Waals surface area contributed by atoms with Gasteiger partial charge in [-0.15, -0.1) is 0 Å². The molecule has 7 nitrogen and oxygen atoms in total. The average Bonchev–Trinajstić information content (AvgIpc) is 3.14. The second kappa shape index (κ2) is 9.64. The van der Waals surface area contributed by atoms with E-state index in [2.05, 4.69) is 15.2 Å². The van der Waals surface area contributed by atoms with Crippen molar-refractivity contribution in [1.29, 1.82) is 0 Å². The van der Waals surface area contributed by atoms with Crippen LogP contribution in [0.4, 0.5) is 0 Å². The molecule has 1 aliphatic heterocycles. The lowest BCUT2D eigenvalue weighted by molar-refractivity contribution is -0.129. The molecule has 2 fully saturated rings. The number of likely N-dealkylation sites (N-methyl/N-ethyl adjacent to an activating group) is 1. The topological polar surface area (TPSA) is 74.8 Å². The molecule has 1 aromatic carbocycles. The van der Waals surface area contributed by atoms with E-state index in [4.69, 9.17) is 4.74 Å². The van der Waals surface area contributed by atoms with E-state index in [1.165, 1.54) is 0 Å². The Morgan fingerprint density at radius 1 is 1.23 bits per heavy atom. The first kappa shape index (κ1) is 21.6. The third-order valence-electron chi connectivity index (χ3n) is 6.36. The average molecular weight is 425 g/mol. The molecular weight excluding hydrogens is 392 g/mol. The van der Waals surface area contributed by atoms with Crippen molar-refractivity contribution in [2.45, 2.75) is 44.2 Å². The van der Waals surface area contributed by atoms with Gasteiger partial charge in [0.25, 0.3) is 0 Å². The summed E-state index contributed by atoms with van der Waals surface area (Å²) < 4.78 is 6.30. The molecule has 166 valence electrons. The van der Waals surface area contributed by atoms with Crippen LogP contribution in [0.25, 0.3) is 10.8 Å². The van der Waals surface area contributed by atoms with Crippen molar-refractivity contribution >= 4 is 22.6 Å². The summed E-state index contributed by atoms with van der Waals surface area (Å²) in [5, 5.41) is 5.35. The highest BCUT2D eigenvalue weighted by Crippen LogP contribution is 2.29. The Morgan fingerprint density at radius 2 is 2.03 bits per heavy atom. The normalized spacial score (nSPS) is 24.0. The summed E-state index contributed by atoms with van der Waals surface area (Å²) in [6, 6.07) is 8.19. The van der Waals surface area contributed by atoms with Crippen molar-refractivity contribution in [3.63, 3.8) is 0 Å². The largest absolute Gasteiger partial charge is 0.490 e. The molecule has 2 aliphatic rings. The zero-order chi connectivity index (χ0) is 21.8. The molecule has 1 saturated carbocycles. The molecule has 1 aliphatic carbocycles. The van der Waals surface area contributed by atoms with Gasteiger partial charge in [-0.25, -0.2) is 0 Å². The van der Waals surface area contributed by atoms with Gasteiger partial charge < -0.3 is 19.9 Å². The van der Waals surface area contributed by atoms with Crippen LogP contribution in [-0.2, 0) is 9.59 Å². The van der Waals surface area contributed by atoms with Gasteiger partial charge in [-0.3, -0.25) is 14.6 Å². The Labute approximate surface area is 183 Å². The van der Waals surface area contributed by atoms with Crippen molar-refractivity contribution in [2.24, 2.45) is 5.92 Å². The smallest absolute Gasteiger partial charge is 0.225 e. The van der Waals surface area contributed by atoms with E-state index in [1.54, 1.807) is 6.20 Å². The predicted octanol–water partition coefficient (Wildman–Crippen LogP) is 2.45. The molecule has 4 rings (SSSR count). The second-order valence-corrected chi connectivity index (χ2v) is 9.00. The molecule has 1 unspecified atom stereocenters. The van der Waals surface area contributed by atoms with Crippen molar-refractivity contribution < 1.29 is 14.3 Å². The lowest BCUT2D eigenvalue weighted by Gasteiger charge is -2.30. The second-order valence-electron chi connectivity index (χ2n) is 9.00. The molecule has 31 heavy (non-hydrogen) atoms. The van der Waals surface area contributed by atoms with E-state index in [9.17, 15) is 9.59 Å². The molecule has 2 heterocycles. The van der Waals surface area contributed by atoms with Gasteiger partial charge in [0.1, 0.15) is 5.75 Å². The molecule has 2 amide bonds. The molecule has 0 spiro atoms. The number of amides is 2. The lowest BCUT2D eigenvalue weighted by Crippen LogP contribution is -2.43. The van der Waals surface area contributed by atoms with Gasteiger partial charge in [-0.05, 0) is 51.9 Å². The summed E-state index contributed by atoms with van der Waals surface area (Å²) in [6.07, 6.45) is 7.73. The van der Waals surface area contributed by atoms with Gasteiger partial charge in [0, 0.05) is 55.3 Å². The van der Waals surface area contributed by atoms with Crippen LogP contribution in [0.3, 0.4) is 0 Å². The Hall–Kier alpha value is -2.67. The number of hydrogen-bond donors (Lipinski definition) is 1. The summed E-state index contributed by atoms with van der Waals surface area (Å²) in [4.78, 5) is 33.0. The number of benzene rings is 1. The standard InChI is InChI=1S/C24H32N4O3/c1-27(2)12-13-28-16-18(14-23(28)29)24(30)26-19-6-8-20(9-7-19)31-22-5-3-4-17-15-25-11-10-21(17)22/h3-5,10-11,15,18-20H,6-9,12-14,16H2,1-2H3,(H,26,30). The molecule has 2 aromatic rings. The molecule has 7 heteroatoms. The van der Waals surface area contributed by atoms with Crippen molar-refractivity contribution in [1.82, 2.24) is 20.1 Å². The number of hydrogen-bond acceptors (Lipinski definition) is 5. The Balaban J connectivity index is 1.25. The van der Waals surface area contributed by atoms with Crippen LogP contribution in [-0.4, -0.2) is 72.5 Å². The maximum atomic E-state index is 12.7. The van der Waals surface area contributed by atoms with E-state index in [0.29, 0.717) is 19.5 Å². The van der Waals surface area contributed by atoms with Crippen molar-refractivity contribution in [2.75, 3.05) is 33.7 Å². The van der Waals surface area contributed by atoms with E-state index in [1.807, 2.05) is 49.5 Å². The van der Waals surface area contributed by atoms with Crippen molar-refractivity contribution in [3.05, 3.63) is 36.7 Å². The maximum Gasteiger partial charge on any atom is 0.225 e. The number of ether oxygens (including phenoxy) is 1. The highest BCUT2D eigenvalue weighted by molar-refractivity contribution is 5.89. The molecule has 1 N–H and O–H groups in total. The van der Waals surface area contributed by atoms with E-state index in [-0.39, 0.29) is 29.9 Å². The van der Waals surface area contributed by atoms with E-state index < -0.39 is 0 Å². The maximum absolute atomic E-state index is 12.7. The number of carbonyl (C=O) groups excluding carboxylic acids is 2. The number of likely N-dealkylation sites (tertiary alicyclic amines) is 1. The van der Waals surface area contributed by atoms with Crippen LogP contribution in [0.15, 0.2) is 36.7 Å². The Bertz CT molecular complexity index is 919. The van der Waals surface area contributed by atoms with Gasteiger partial charge in [-0.1, -0.05) is 12.1 Å². The molecule has 1 atom stereocenters. The van der Waals surface area contributed by atoms with Gasteiger partial charge in [0.15, 0.2) is 0 Å². The zero-order valence-electron chi connectivity index (χ0n) is 18.4. The van der Waals surface area contributed by atoms with Gasteiger partial charge in [0.05, 0.1) is 12.0 Å². The first-order valence-electron chi connectivity index (χ1n) is 11.2. The third-order valence-corrected chi connectivity index (χ3v) is 6.36. The lowest BCUT2D eigenvalue weighted by atomic mass is 9.92. The fourth-order valence-electron chi connectivity index (χ4n) is 4.50. The number of fused-ring (bicyclic) bond motifs is 1. The highest BCUT2D eigenvalue weighted by atomic mass is 16.5. The number of carbonyl (C=O) groups is 2. The predicted molar refractivity (Wildman–Crippen MR) is 120 cm³/mol. The highest BCUT2D eigenvalue weighted by Gasteiger charge is 2.35. The first-order chi connectivity index (χ1) is 15.0. The number of aromatic nitrogens is 1. The zero-order valence-corrected chi connectivity index (χ0v) is 18.4. The van der Waals surface area contributed by atoms with Crippen LogP contribution in [0.5, 0.6) is 5.75 Å². The molecular formula is C24H32N4O3.